The van der Waals surface area contributed by atoms with Crippen molar-refractivity contribution < 1.29 is 0 Å². The molecule has 4 nitrogen and oxygen atoms in total. The van der Waals surface area contributed by atoms with E-state index in [9.17, 15) is 0 Å². The Labute approximate surface area is 115 Å². The van der Waals surface area contributed by atoms with Gasteiger partial charge in [0.1, 0.15) is 10.0 Å². The lowest BCUT2D eigenvalue weighted by Crippen LogP contribution is -2.21. The molecule has 0 bridgehead atoms. The third-order valence-corrected chi connectivity index (χ3v) is 4.50. The van der Waals surface area contributed by atoms with Crippen LogP contribution in [0.5, 0.6) is 0 Å². The van der Waals surface area contributed by atoms with Gasteiger partial charge in [-0.2, -0.15) is 0 Å². The van der Waals surface area contributed by atoms with Crippen LogP contribution in [0.3, 0.4) is 0 Å². The lowest BCUT2D eigenvalue weighted by Gasteiger charge is -2.10. The Morgan fingerprint density at radius 1 is 1.44 bits per heavy atom. The van der Waals surface area contributed by atoms with E-state index < -0.39 is 0 Å². The number of hydrogen-bond donors (Lipinski definition) is 1. The lowest BCUT2D eigenvalue weighted by molar-refractivity contribution is 0.637. The van der Waals surface area contributed by atoms with E-state index in [0.717, 1.165) is 27.2 Å². The number of pyridine rings is 1. The van der Waals surface area contributed by atoms with Crippen LogP contribution in [0.1, 0.15) is 23.9 Å². The van der Waals surface area contributed by atoms with E-state index in [4.69, 9.17) is 5.73 Å². The van der Waals surface area contributed by atoms with Gasteiger partial charge in [-0.05, 0) is 43.2 Å². The van der Waals surface area contributed by atoms with Gasteiger partial charge in [-0.15, -0.1) is 10.2 Å². The highest BCUT2D eigenvalue weighted by molar-refractivity contribution is 8.01. The summed E-state index contributed by atoms with van der Waals surface area (Å²) in [5, 5.41) is 10.1. The van der Waals surface area contributed by atoms with Crippen LogP contribution in [0, 0.1) is 6.92 Å². The van der Waals surface area contributed by atoms with Crippen molar-refractivity contribution in [2.75, 3.05) is 0 Å². The molecule has 1 unspecified atom stereocenters. The fourth-order valence-corrected chi connectivity index (χ4v) is 3.32. The van der Waals surface area contributed by atoms with Gasteiger partial charge in [0.25, 0.3) is 0 Å². The fourth-order valence-electron chi connectivity index (χ4n) is 1.50. The van der Waals surface area contributed by atoms with Crippen LogP contribution in [-0.2, 0) is 6.42 Å². The molecule has 18 heavy (non-hydrogen) atoms. The van der Waals surface area contributed by atoms with Crippen molar-refractivity contribution in [1.29, 1.82) is 0 Å². The van der Waals surface area contributed by atoms with Gasteiger partial charge in [-0.3, -0.25) is 0 Å². The van der Waals surface area contributed by atoms with Crippen molar-refractivity contribution >= 4 is 23.1 Å². The van der Waals surface area contributed by atoms with Gasteiger partial charge in [0.15, 0.2) is 4.34 Å². The Morgan fingerprint density at radius 3 is 2.94 bits per heavy atom. The minimum atomic E-state index is 0.185. The molecule has 0 aliphatic carbocycles. The summed E-state index contributed by atoms with van der Waals surface area (Å²) in [6.45, 7) is 4.05. The van der Waals surface area contributed by atoms with Gasteiger partial charge in [0.05, 0.1) is 0 Å². The molecule has 0 aliphatic rings. The summed E-state index contributed by atoms with van der Waals surface area (Å²) in [5.41, 5.74) is 7.19. The van der Waals surface area contributed by atoms with Crippen LogP contribution < -0.4 is 5.73 Å². The first kappa shape index (κ1) is 13.5. The van der Waals surface area contributed by atoms with E-state index in [2.05, 4.69) is 28.2 Å². The Balaban J connectivity index is 2.16. The third kappa shape index (κ3) is 3.51. The molecule has 0 amide bonds. The summed E-state index contributed by atoms with van der Waals surface area (Å²) in [6, 6.07) is 4.22. The average Bonchev–Trinajstić information content (AvgIpc) is 2.77. The number of hydrogen-bond acceptors (Lipinski definition) is 6. The standard InChI is InChI=1S/C12H16N4S2/c1-3-10(13)7-9-5-4-6-14-11(9)18-12-16-15-8(2)17-12/h4-6,10H,3,7,13H2,1-2H3. The predicted octanol–water partition coefficient (Wildman–Crippen LogP) is 2.67. The zero-order valence-electron chi connectivity index (χ0n) is 10.5. The fraction of sp³-hybridized carbons (Fsp3) is 0.417. The van der Waals surface area contributed by atoms with Crippen molar-refractivity contribution in [3.63, 3.8) is 0 Å². The molecule has 0 radical (unpaired) electrons. The van der Waals surface area contributed by atoms with Gasteiger partial charge in [0, 0.05) is 12.2 Å². The molecule has 1 atom stereocenters. The topological polar surface area (TPSA) is 64.7 Å². The smallest absolute Gasteiger partial charge is 0.180 e. The Kier molecular flexibility index (Phi) is 4.68. The molecule has 0 fully saturated rings. The molecule has 2 rings (SSSR count). The zero-order chi connectivity index (χ0) is 13.0. The van der Waals surface area contributed by atoms with E-state index in [1.54, 1.807) is 29.3 Å². The van der Waals surface area contributed by atoms with Crippen LogP contribution >= 0.6 is 23.1 Å². The van der Waals surface area contributed by atoms with Gasteiger partial charge in [-0.1, -0.05) is 24.3 Å². The molecule has 2 aromatic heterocycles. The van der Waals surface area contributed by atoms with Crippen molar-refractivity contribution in [3.05, 3.63) is 28.9 Å². The molecule has 0 saturated heterocycles. The maximum Gasteiger partial charge on any atom is 0.180 e. The SMILES string of the molecule is CCC(N)Cc1cccnc1Sc1nnc(C)s1. The van der Waals surface area contributed by atoms with Crippen LogP contribution in [0.15, 0.2) is 27.7 Å². The number of nitrogens with zero attached hydrogens (tertiary/aromatic N) is 3. The maximum absolute atomic E-state index is 6.01. The summed E-state index contributed by atoms with van der Waals surface area (Å²) < 4.78 is 0.928. The molecule has 0 spiro atoms. The monoisotopic (exact) mass is 280 g/mol. The summed E-state index contributed by atoms with van der Waals surface area (Å²) in [6.07, 6.45) is 3.62. The molecule has 0 saturated carbocycles. The van der Waals surface area contributed by atoms with Gasteiger partial charge in [0.2, 0.25) is 0 Å². The van der Waals surface area contributed by atoms with Crippen LogP contribution in [-0.4, -0.2) is 21.2 Å². The average molecular weight is 280 g/mol. The number of rotatable bonds is 5. The summed E-state index contributed by atoms with van der Waals surface area (Å²) in [4.78, 5) is 4.42. The molecular formula is C12H16N4S2. The number of aromatic nitrogens is 3. The zero-order valence-corrected chi connectivity index (χ0v) is 12.1. The first-order valence-corrected chi connectivity index (χ1v) is 7.49. The Morgan fingerprint density at radius 2 is 2.28 bits per heavy atom. The highest BCUT2D eigenvalue weighted by atomic mass is 32.2. The summed E-state index contributed by atoms with van der Waals surface area (Å²) in [5.74, 6) is 0. The van der Waals surface area contributed by atoms with E-state index in [-0.39, 0.29) is 6.04 Å². The molecule has 0 aromatic carbocycles. The summed E-state index contributed by atoms with van der Waals surface area (Å²) in [7, 11) is 0. The predicted molar refractivity (Wildman–Crippen MR) is 75.0 cm³/mol. The van der Waals surface area contributed by atoms with Crippen LogP contribution in [0.2, 0.25) is 0 Å². The Hall–Kier alpha value is -0.980. The van der Waals surface area contributed by atoms with E-state index in [1.165, 1.54) is 5.56 Å². The van der Waals surface area contributed by atoms with E-state index in [0.29, 0.717) is 0 Å². The second-order valence-electron chi connectivity index (χ2n) is 4.03. The molecule has 0 aliphatic heterocycles. The maximum atomic E-state index is 6.01. The largest absolute Gasteiger partial charge is 0.327 e. The molecular weight excluding hydrogens is 264 g/mol. The lowest BCUT2D eigenvalue weighted by atomic mass is 10.1. The third-order valence-electron chi connectivity index (χ3n) is 2.55. The van der Waals surface area contributed by atoms with E-state index >= 15 is 0 Å². The van der Waals surface area contributed by atoms with Crippen molar-refractivity contribution in [2.24, 2.45) is 5.73 Å². The quantitative estimate of drug-likeness (QED) is 0.912. The Bertz CT molecular complexity index is 512. The molecule has 96 valence electrons. The first-order chi connectivity index (χ1) is 8.69. The molecule has 2 aromatic rings. The number of aryl methyl sites for hydroxylation is 1. The van der Waals surface area contributed by atoms with E-state index in [1.807, 2.05) is 13.0 Å². The molecule has 2 N–H and O–H groups in total. The normalized spacial score (nSPS) is 12.6. The first-order valence-electron chi connectivity index (χ1n) is 5.86. The molecule has 6 heteroatoms. The van der Waals surface area contributed by atoms with Crippen molar-refractivity contribution in [2.45, 2.75) is 42.1 Å². The van der Waals surface area contributed by atoms with Gasteiger partial charge in [-0.25, -0.2) is 4.98 Å². The van der Waals surface area contributed by atoms with Crippen molar-refractivity contribution in [3.8, 4) is 0 Å². The van der Waals surface area contributed by atoms with Crippen LogP contribution in [0.25, 0.3) is 0 Å². The molecule has 2 heterocycles. The van der Waals surface area contributed by atoms with Crippen LogP contribution in [0.4, 0.5) is 0 Å². The second-order valence-corrected chi connectivity index (χ2v) is 6.45. The highest BCUT2D eigenvalue weighted by Crippen LogP contribution is 2.31. The minimum absolute atomic E-state index is 0.185. The highest BCUT2D eigenvalue weighted by Gasteiger charge is 2.11. The second kappa shape index (κ2) is 6.26. The van der Waals surface area contributed by atoms with Gasteiger partial charge >= 0.3 is 0 Å². The van der Waals surface area contributed by atoms with Crippen molar-refractivity contribution in [1.82, 2.24) is 15.2 Å². The van der Waals surface area contributed by atoms with Gasteiger partial charge < -0.3 is 5.73 Å². The summed E-state index contributed by atoms with van der Waals surface area (Å²) >= 11 is 3.15. The minimum Gasteiger partial charge on any atom is -0.327 e. The number of nitrogens with two attached hydrogens (primary N) is 1.